The normalized spacial score (nSPS) is 15.1. The lowest BCUT2D eigenvalue weighted by Gasteiger charge is -2.27. The van der Waals surface area contributed by atoms with Crippen LogP contribution in [0.25, 0.3) is 26.3 Å². The highest BCUT2D eigenvalue weighted by Gasteiger charge is 2.33. The molecule has 0 bridgehead atoms. The predicted molar refractivity (Wildman–Crippen MR) is 193 cm³/mol. The summed E-state index contributed by atoms with van der Waals surface area (Å²) in [5.74, 6) is -1.67. The lowest BCUT2D eigenvalue weighted by molar-refractivity contribution is 0.114. The number of likely N-dealkylation sites (N-methyl/N-ethyl adjacent to an activating group) is 1. The average molecular weight is 739 g/mol. The fourth-order valence-corrected chi connectivity index (χ4v) is 8.99. The molecule has 0 saturated carbocycles. The molecule has 51 heavy (non-hydrogen) atoms. The third kappa shape index (κ3) is 7.50. The zero-order valence-electron chi connectivity index (χ0n) is 28.1. The Hall–Kier alpha value is -4.74. The number of hydrogen-bond acceptors (Lipinski definition) is 8. The van der Waals surface area contributed by atoms with Crippen molar-refractivity contribution < 1.29 is 26.8 Å². The van der Waals surface area contributed by atoms with Gasteiger partial charge in [-0.05, 0) is 67.4 Å². The van der Waals surface area contributed by atoms with Crippen LogP contribution in [0.3, 0.4) is 0 Å². The summed E-state index contributed by atoms with van der Waals surface area (Å²) in [4.78, 5) is 48.2. The molecule has 6 rings (SSSR count). The Balaban J connectivity index is 1.56. The van der Waals surface area contributed by atoms with Crippen molar-refractivity contribution in [1.82, 2.24) is 23.8 Å². The molecule has 1 aliphatic heterocycles. The largest absolute Gasteiger partial charge is 0.343 e. The van der Waals surface area contributed by atoms with E-state index in [1.165, 1.54) is 28.3 Å². The minimum atomic E-state index is -3.44. The fourth-order valence-electron chi connectivity index (χ4n) is 6.52. The Morgan fingerprint density at radius 2 is 1.69 bits per heavy atom. The number of aromatic nitrogens is 2. The third-order valence-corrected chi connectivity index (χ3v) is 11.4. The van der Waals surface area contributed by atoms with Gasteiger partial charge in [0, 0.05) is 41.8 Å². The van der Waals surface area contributed by atoms with Gasteiger partial charge in [0.2, 0.25) is 10.0 Å². The van der Waals surface area contributed by atoms with Gasteiger partial charge < -0.3 is 10.2 Å². The van der Waals surface area contributed by atoms with Crippen molar-refractivity contribution in [3.63, 3.8) is 0 Å². The summed E-state index contributed by atoms with van der Waals surface area (Å²) in [7, 11) is -0.305. The number of anilines is 1. The number of para-hydroxylation sites is 1. The van der Waals surface area contributed by atoms with Crippen LogP contribution in [0.5, 0.6) is 0 Å². The van der Waals surface area contributed by atoms with Gasteiger partial charge in [-0.1, -0.05) is 36.4 Å². The van der Waals surface area contributed by atoms with Gasteiger partial charge in [-0.2, -0.15) is 4.31 Å². The van der Waals surface area contributed by atoms with E-state index in [-0.39, 0.29) is 34.1 Å². The van der Waals surface area contributed by atoms with Crippen LogP contribution in [-0.4, -0.2) is 72.3 Å². The SMILES string of the molecule is CONC(=O)Nc1ccc(-c2sc3c(c2CN(C)C[C@H]2CCCN2S(C)(=O)=O)c(=O)n(-c2ccccc2)c(=O)n3Cc2c(F)cccc2F)cc1. The van der Waals surface area contributed by atoms with Crippen molar-refractivity contribution in [2.24, 2.45) is 0 Å². The zero-order valence-corrected chi connectivity index (χ0v) is 29.7. The van der Waals surface area contributed by atoms with E-state index in [0.29, 0.717) is 41.2 Å². The van der Waals surface area contributed by atoms with Crippen LogP contribution in [0.4, 0.5) is 19.3 Å². The molecule has 12 nitrogen and oxygen atoms in total. The van der Waals surface area contributed by atoms with Crippen LogP contribution in [0, 0.1) is 11.6 Å². The van der Waals surface area contributed by atoms with Gasteiger partial charge in [-0.25, -0.2) is 36.8 Å². The molecular formula is C35H36F2N6O6S2. The molecule has 268 valence electrons. The minimum Gasteiger partial charge on any atom is -0.306 e. The van der Waals surface area contributed by atoms with E-state index in [1.807, 2.05) is 11.9 Å². The number of hydroxylamine groups is 1. The number of halogens is 2. The molecule has 1 atom stereocenters. The molecular weight excluding hydrogens is 703 g/mol. The molecule has 5 aromatic rings. The highest BCUT2D eigenvalue weighted by atomic mass is 32.2. The number of carbonyl (C=O) groups excluding carboxylic acids is 1. The predicted octanol–water partition coefficient (Wildman–Crippen LogP) is 4.75. The van der Waals surface area contributed by atoms with Crippen molar-refractivity contribution in [2.75, 3.05) is 38.8 Å². The summed E-state index contributed by atoms with van der Waals surface area (Å²) in [5.41, 5.74) is 2.40. The lowest BCUT2D eigenvalue weighted by atomic mass is 10.1. The molecule has 2 N–H and O–H groups in total. The summed E-state index contributed by atoms with van der Waals surface area (Å²) in [6.07, 6.45) is 2.59. The van der Waals surface area contributed by atoms with Crippen molar-refractivity contribution in [2.45, 2.75) is 32.0 Å². The van der Waals surface area contributed by atoms with Crippen molar-refractivity contribution in [3.8, 4) is 16.1 Å². The molecule has 1 saturated heterocycles. The molecule has 3 aromatic carbocycles. The number of fused-ring (bicyclic) bond motifs is 1. The quantitative estimate of drug-likeness (QED) is 0.187. The summed E-state index contributed by atoms with van der Waals surface area (Å²) in [5, 5.41) is 2.83. The van der Waals surface area contributed by atoms with Gasteiger partial charge in [-0.15, -0.1) is 11.3 Å². The van der Waals surface area contributed by atoms with Gasteiger partial charge in [0.15, 0.2) is 0 Å². The summed E-state index contributed by atoms with van der Waals surface area (Å²) >= 11 is 1.14. The standard InChI is InChI=1S/C35H36F2N6O6S2/c1-40(19-25-11-8-18-42(25)51(3,47)48)20-27-30-32(44)43(24-9-5-4-6-10-24)35(46)41(21-26-28(36)12-7-13-29(26)37)33(30)50-31(27)22-14-16-23(17-15-22)38-34(45)39-49-2/h4-7,9-10,12-17,25H,8,11,18-21H2,1-3H3,(H2,38,39,45)/t25-/m1/s1. The van der Waals surface area contributed by atoms with Crippen LogP contribution in [0.1, 0.15) is 24.0 Å². The second-order valence-electron chi connectivity index (χ2n) is 12.3. The van der Waals surface area contributed by atoms with Gasteiger partial charge in [0.25, 0.3) is 5.56 Å². The van der Waals surface area contributed by atoms with Gasteiger partial charge in [0.1, 0.15) is 16.5 Å². The van der Waals surface area contributed by atoms with Crippen LogP contribution in [-0.2, 0) is 28.0 Å². The Morgan fingerprint density at radius 3 is 2.33 bits per heavy atom. The number of benzene rings is 3. The fraction of sp³-hybridized carbons (Fsp3) is 0.286. The lowest BCUT2D eigenvalue weighted by Crippen LogP contribution is -2.41. The van der Waals surface area contributed by atoms with E-state index in [1.54, 1.807) is 54.6 Å². The molecule has 2 amide bonds. The monoisotopic (exact) mass is 738 g/mol. The van der Waals surface area contributed by atoms with E-state index < -0.39 is 45.5 Å². The van der Waals surface area contributed by atoms with Crippen molar-refractivity contribution >= 4 is 43.3 Å². The number of amides is 2. The van der Waals surface area contributed by atoms with E-state index in [0.717, 1.165) is 34.5 Å². The first-order valence-corrected chi connectivity index (χ1v) is 18.7. The Bertz CT molecular complexity index is 2290. The maximum absolute atomic E-state index is 15.1. The maximum atomic E-state index is 15.1. The second-order valence-corrected chi connectivity index (χ2v) is 15.3. The van der Waals surface area contributed by atoms with Crippen molar-refractivity contribution in [1.29, 1.82) is 0 Å². The van der Waals surface area contributed by atoms with E-state index in [2.05, 4.69) is 15.6 Å². The van der Waals surface area contributed by atoms with Crippen LogP contribution in [0.2, 0.25) is 0 Å². The number of carbonyl (C=O) groups is 1. The molecule has 3 heterocycles. The van der Waals surface area contributed by atoms with Crippen LogP contribution in [0.15, 0.2) is 82.4 Å². The molecule has 0 aliphatic carbocycles. The zero-order chi connectivity index (χ0) is 36.4. The first-order chi connectivity index (χ1) is 24.4. The Labute approximate surface area is 296 Å². The molecule has 1 fully saturated rings. The number of hydrogen-bond donors (Lipinski definition) is 2. The minimum absolute atomic E-state index is 0.177. The Morgan fingerprint density at radius 1 is 1.00 bits per heavy atom. The highest BCUT2D eigenvalue weighted by molar-refractivity contribution is 7.88. The van der Waals surface area contributed by atoms with E-state index >= 15 is 8.78 Å². The smallest absolute Gasteiger partial charge is 0.306 e. The number of nitrogens with zero attached hydrogens (tertiary/aromatic N) is 4. The Kier molecular flexibility index (Phi) is 10.5. The third-order valence-electron chi connectivity index (χ3n) is 8.76. The number of nitrogens with one attached hydrogen (secondary N) is 2. The molecule has 16 heteroatoms. The number of urea groups is 1. The van der Waals surface area contributed by atoms with Gasteiger partial charge >= 0.3 is 11.7 Å². The first-order valence-electron chi connectivity index (χ1n) is 16.0. The highest BCUT2D eigenvalue weighted by Crippen LogP contribution is 2.39. The average Bonchev–Trinajstić information content (AvgIpc) is 3.70. The first kappa shape index (κ1) is 36.1. The summed E-state index contributed by atoms with van der Waals surface area (Å²) in [6.45, 7) is 0.483. The van der Waals surface area contributed by atoms with Crippen LogP contribution < -0.4 is 22.0 Å². The number of sulfonamides is 1. The van der Waals surface area contributed by atoms with E-state index in [9.17, 15) is 22.8 Å². The molecule has 0 spiro atoms. The molecule has 0 unspecified atom stereocenters. The topological polar surface area (TPSA) is 135 Å². The second kappa shape index (κ2) is 14.9. The van der Waals surface area contributed by atoms with Gasteiger partial charge in [-0.3, -0.25) is 14.2 Å². The number of rotatable bonds is 11. The summed E-state index contributed by atoms with van der Waals surface area (Å²) in [6, 6.07) is 17.7. The van der Waals surface area contributed by atoms with Crippen LogP contribution >= 0.6 is 11.3 Å². The van der Waals surface area contributed by atoms with Crippen molar-refractivity contribution in [3.05, 3.63) is 116 Å². The summed E-state index contributed by atoms with van der Waals surface area (Å²) < 4.78 is 58.9. The van der Waals surface area contributed by atoms with Gasteiger partial charge in [0.05, 0.1) is 31.0 Å². The molecule has 1 aliphatic rings. The number of thiophene rings is 1. The maximum Gasteiger partial charge on any atom is 0.343 e. The molecule has 0 radical (unpaired) electrons. The molecule has 2 aromatic heterocycles. The van der Waals surface area contributed by atoms with E-state index in [4.69, 9.17) is 0 Å².